The van der Waals surface area contributed by atoms with Gasteiger partial charge in [-0.2, -0.15) is 0 Å². The number of thioether (sulfide) groups is 1. The van der Waals surface area contributed by atoms with E-state index >= 15 is 0 Å². The predicted octanol–water partition coefficient (Wildman–Crippen LogP) is 5.55. The summed E-state index contributed by atoms with van der Waals surface area (Å²) in [6, 6.07) is 9.42. The molecule has 0 unspecified atom stereocenters. The van der Waals surface area contributed by atoms with Crippen LogP contribution in [0, 0.1) is 5.82 Å². The lowest BCUT2D eigenvalue weighted by molar-refractivity contribution is -0.150. The molecule has 7 nitrogen and oxygen atoms in total. The minimum Gasteiger partial charge on any atom is -0.493 e. The molecule has 0 aromatic heterocycles. The van der Waals surface area contributed by atoms with Gasteiger partial charge in [0.2, 0.25) is 0 Å². The third-order valence-electron chi connectivity index (χ3n) is 4.89. The van der Waals surface area contributed by atoms with Crippen molar-refractivity contribution in [3.63, 3.8) is 0 Å². The monoisotopic (exact) mass is 551 g/mol. The zero-order valence-corrected chi connectivity index (χ0v) is 21.2. The van der Waals surface area contributed by atoms with Crippen LogP contribution in [0.3, 0.4) is 0 Å². The third-order valence-corrected chi connectivity index (χ3v) is 6.39. The van der Waals surface area contributed by atoms with E-state index in [9.17, 15) is 18.8 Å². The number of methoxy groups -OCH3 is 1. The van der Waals surface area contributed by atoms with E-state index in [2.05, 4.69) is 15.9 Å². The van der Waals surface area contributed by atoms with Crippen molar-refractivity contribution in [2.75, 3.05) is 13.7 Å². The molecule has 2 amide bonds. The molecule has 1 atom stereocenters. The number of ether oxygens (including phenoxy) is 3. The molecule has 1 aliphatic heterocycles. The Morgan fingerprint density at radius 2 is 2.03 bits per heavy atom. The SMILES string of the molecule is CC[C@H](C)OC(=O)CN1C(=O)S/C(=C/c2cc(Br)c(OCc3cccc(F)c3)c(OC)c2)C1=O. The molecule has 1 heterocycles. The average molecular weight is 552 g/mol. The summed E-state index contributed by atoms with van der Waals surface area (Å²) >= 11 is 4.18. The molecule has 34 heavy (non-hydrogen) atoms. The maximum Gasteiger partial charge on any atom is 0.326 e. The zero-order valence-electron chi connectivity index (χ0n) is 18.8. The summed E-state index contributed by atoms with van der Waals surface area (Å²) in [7, 11) is 1.47. The van der Waals surface area contributed by atoms with Gasteiger partial charge in [0.25, 0.3) is 11.1 Å². The van der Waals surface area contributed by atoms with E-state index < -0.39 is 23.7 Å². The number of hydrogen-bond acceptors (Lipinski definition) is 7. The van der Waals surface area contributed by atoms with E-state index in [1.165, 1.54) is 25.3 Å². The van der Waals surface area contributed by atoms with E-state index in [4.69, 9.17) is 14.2 Å². The Balaban J connectivity index is 1.76. The second-order valence-electron chi connectivity index (χ2n) is 7.43. The fourth-order valence-corrected chi connectivity index (χ4v) is 4.42. The highest BCUT2D eigenvalue weighted by atomic mass is 79.9. The Bertz CT molecular complexity index is 1140. The Kier molecular flexibility index (Phi) is 8.73. The normalized spacial score (nSPS) is 15.6. The van der Waals surface area contributed by atoms with Gasteiger partial charge >= 0.3 is 5.97 Å². The minimum atomic E-state index is -0.637. The molecule has 0 bridgehead atoms. The molecule has 1 fully saturated rings. The largest absolute Gasteiger partial charge is 0.493 e. The first kappa shape index (κ1) is 25.8. The average Bonchev–Trinajstić information content (AvgIpc) is 3.05. The summed E-state index contributed by atoms with van der Waals surface area (Å²) in [6.45, 7) is 3.29. The van der Waals surface area contributed by atoms with E-state index in [1.807, 2.05) is 6.92 Å². The van der Waals surface area contributed by atoms with Crippen LogP contribution in [0.5, 0.6) is 11.5 Å². The van der Waals surface area contributed by atoms with Crippen molar-refractivity contribution < 1.29 is 33.0 Å². The highest BCUT2D eigenvalue weighted by Gasteiger charge is 2.37. The van der Waals surface area contributed by atoms with Crippen LogP contribution >= 0.6 is 27.7 Å². The molecule has 1 saturated heterocycles. The van der Waals surface area contributed by atoms with Gasteiger partial charge in [-0.25, -0.2) is 4.39 Å². The van der Waals surface area contributed by atoms with Gasteiger partial charge in [0.15, 0.2) is 11.5 Å². The second-order valence-corrected chi connectivity index (χ2v) is 9.28. The standard InChI is InChI=1S/C24H23BrFNO6S/c1-4-14(2)33-21(28)12-27-23(29)20(34-24(27)30)11-16-9-18(25)22(19(10-16)31-3)32-13-15-6-5-7-17(26)8-15/h5-11,14H,4,12-13H2,1-3H3/b20-11+/t14-/m0/s1. The van der Waals surface area contributed by atoms with Crippen LogP contribution in [-0.4, -0.2) is 41.8 Å². The molecule has 3 rings (SSSR count). The molecular formula is C24H23BrFNO6S. The quantitative estimate of drug-likeness (QED) is 0.298. The van der Waals surface area contributed by atoms with Gasteiger partial charge in [-0.15, -0.1) is 0 Å². The lowest BCUT2D eigenvalue weighted by Crippen LogP contribution is -2.35. The van der Waals surface area contributed by atoms with Gasteiger partial charge in [0.1, 0.15) is 19.0 Å². The highest BCUT2D eigenvalue weighted by Crippen LogP contribution is 2.39. The molecule has 0 saturated carbocycles. The molecule has 0 radical (unpaired) electrons. The maximum atomic E-state index is 13.4. The molecular weight excluding hydrogens is 529 g/mol. The van der Waals surface area contributed by atoms with Gasteiger partial charge in [-0.1, -0.05) is 19.1 Å². The molecule has 2 aromatic carbocycles. The number of benzene rings is 2. The number of halogens is 2. The summed E-state index contributed by atoms with van der Waals surface area (Å²) in [6.07, 6.45) is 1.87. The minimum absolute atomic E-state index is 0.123. The van der Waals surface area contributed by atoms with Gasteiger partial charge in [0.05, 0.1) is 22.6 Å². The van der Waals surface area contributed by atoms with Crippen molar-refractivity contribution >= 4 is 50.9 Å². The molecule has 0 spiro atoms. The Labute approximate surface area is 209 Å². The first-order valence-corrected chi connectivity index (χ1v) is 12.0. The first-order chi connectivity index (χ1) is 16.2. The molecule has 180 valence electrons. The molecule has 0 N–H and O–H groups in total. The van der Waals surface area contributed by atoms with Crippen molar-refractivity contribution in [2.45, 2.75) is 33.0 Å². The van der Waals surface area contributed by atoms with Gasteiger partial charge < -0.3 is 14.2 Å². The summed E-state index contributed by atoms with van der Waals surface area (Å²) in [5.74, 6) is -0.775. The fourth-order valence-electron chi connectivity index (χ4n) is 3.01. The van der Waals surface area contributed by atoms with Gasteiger partial charge in [-0.05, 0) is 82.5 Å². The Morgan fingerprint density at radius 1 is 1.26 bits per heavy atom. The van der Waals surface area contributed by atoms with E-state index in [0.717, 1.165) is 16.7 Å². The maximum absolute atomic E-state index is 13.4. The number of amides is 2. The van der Waals surface area contributed by atoms with Crippen molar-refractivity contribution in [2.24, 2.45) is 0 Å². The van der Waals surface area contributed by atoms with Crippen LogP contribution in [0.15, 0.2) is 45.8 Å². The van der Waals surface area contributed by atoms with Crippen molar-refractivity contribution in [1.29, 1.82) is 0 Å². The summed E-state index contributed by atoms with van der Waals surface area (Å²) < 4.78 is 30.4. The third kappa shape index (κ3) is 6.38. The second kappa shape index (κ2) is 11.5. The number of hydrogen-bond donors (Lipinski definition) is 0. The van der Waals surface area contributed by atoms with Crippen molar-refractivity contribution in [3.8, 4) is 11.5 Å². The Morgan fingerprint density at radius 3 is 2.71 bits per heavy atom. The molecule has 1 aliphatic rings. The first-order valence-electron chi connectivity index (χ1n) is 10.4. The van der Waals surface area contributed by atoms with E-state index in [0.29, 0.717) is 33.5 Å². The smallest absolute Gasteiger partial charge is 0.326 e. The molecule has 2 aromatic rings. The van der Waals surface area contributed by atoms with Crippen molar-refractivity contribution in [3.05, 3.63) is 62.7 Å². The number of carbonyl (C=O) groups is 3. The van der Waals surface area contributed by atoms with Crippen LogP contribution in [-0.2, 0) is 20.9 Å². The summed E-state index contributed by atoms with van der Waals surface area (Å²) in [5.41, 5.74) is 1.23. The van der Waals surface area contributed by atoms with E-state index in [1.54, 1.807) is 31.2 Å². The molecule has 0 aliphatic carbocycles. The number of rotatable bonds is 9. The van der Waals surface area contributed by atoms with Gasteiger partial charge in [-0.3, -0.25) is 19.3 Å². The van der Waals surface area contributed by atoms with Crippen LogP contribution in [0.2, 0.25) is 0 Å². The van der Waals surface area contributed by atoms with Crippen LogP contribution in [0.4, 0.5) is 9.18 Å². The topological polar surface area (TPSA) is 82.1 Å². The predicted molar refractivity (Wildman–Crippen MR) is 130 cm³/mol. The molecule has 10 heteroatoms. The number of imide groups is 1. The van der Waals surface area contributed by atoms with Crippen LogP contribution < -0.4 is 9.47 Å². The number of carbonyl (C=O) groups excluding carboxylic acids is 3. The fraction of sp³-hybridized carbons (Fsp3) is 0.292. The van der Waals surface area contributed by atoms with Gasteiger partial charge in [0, 0.05) is 0 Å². The lowest BCUT2D eigenvalue weighted by Gasteiger charge is -2.15. The van der Waals surface area contributed by atoms with Crippen molar-refractivity contribution in [1.82, 2.24) is 4.90 Å². The summed E-state index contributed by atoms with van der Waals surface area (Å²) in [5, 5.41) is -0.543. The van der Waals surface area contributed by atoms with Crippen LogP contribution in [0.1, 0.15) is 31.4 Å². The Hall–Kier alpha value is -2.85. The van der Waals surface area contributed by atoms with E-state index in [-0.39, 0.29) is 23.4 Å². The zero-order chi connectivity index (χ0) is 24.8. The number of nitrogens with zero attached hydrogens (tertiary/aromatic N) is 1. The lowest BCUT2D eigenvalue weighted by atomic mass is 10.1. The summed E-state index contributed by atoms with van der Waals surface area (Å²) in [4.78, 5) is 38.1. The highest BCUT2D eigenvalue weighted by molar-refractivity contribution is 9.10. The number of esters is 1. The van der Waals surface area contributed by atoms with Crippen LogP contribution in [0.25, 0.3) is 6.08 Å².